The first-order chi connectivity index (χ1) is 12.2. The number of ether oxygens (including phenoxy) is 1. The molecule has 0 saturated carbocycles. The van der Waals surface area contributed by atoms with Crippen LogP contribution in [0.4, 0.5) is 0 Å². The van der Waals surface area contributed by atoms with Crippen LogP contribution in [0.1, 0.15) is 24.1 Å². The quantitative estimate of drug-likeness (QED) is 0.795. The number of hydrogen-bond donors (Lipinski definition) is 2. The molecule has 2 aromatic carbocycles. The molecule has 1 aliphatic heterocycles. The Morgan fingerprint density at radius 3 is 2.36 bits per heavy atom. The third kappa shape index (κ3) is 3.71. The summed E-state index contributed by atoms with van der Waals surface area (Å²) >= 11 is 0. The number of hydrogen-bond acceptors (Lipinski definition) is 4. The predicted molar refractivity (Wildman–Crippen MR) is 94.3 cm³/mol. The van der Waals surface area contributed by atoms with E-state index >= 15 is 0 Å². The Kier molecular flexibility index (Phi) is 5.14. The van der Waals surface area contributed by atoms with E-state index in [1.165, 1.54) is 0 Å². The fourth-order valence-electron chi connectivity index (χ4n) is 2.83. The van der Waals surface area contributed by atoms with Gasteiger partial charge in [-0.3, -0.25) is 4.79 Å². The van der Waals surface area contributed by atoms with Crippen LogP contribution in [0.25, 0.3) is 0 Å². The fourth-order valence-corrected chi connectivity index (χ4v) is 2.83. The molecule has 25 heavy (non-hydrogen) atoms. The molecular formula is C20H20N2O3. The van der Waals surface area contributed by atoms with Gasteiger partial charge in [0.2, 0.25) is 0 Å². The second-order valence-corrected chi connectivity index (χ2v) is 5.67. The molecule has 2 N–H and O–H groups in total. The summed E-state index contributed by atoms with van der Waals surface area (Å²) in [5.74, 6) is -0.780. The highest BCUT2D eigenvalue weighted by Gasteiger charge is 2.37. The lowest BCUT2D eigenvalue weighted by molar-refractivity contribution is -0.138. The summed E-state index contributed by atoms with van der Waals surface area (Å²) in [6.07, 6.45) is 0. The van der Waals surface area contributed by atoms with Gasteiger partial charge in [-0.15, -0.1) is 0 Å². The van der Waals surface area contributed by atoms with E-state index in [2.05, 4.69) is 10.6 Å². The largest absolute Gasteiger partial charge is 0.463 e. The van der Waals surface area contributed by atoms with Crippen LogP contribution in [0.5, 0.6) is 0 Å². The van der Waals surface area contributed by atoms with Crippen molar-refractivity contribution in [3.05, 3.63) is 83.1 Å². The monoisotopic (exact) mass is 336 g/mol. The number of amides is 1. The molecule has 1 heterocycles. The van der Waals surface area contributed by atoms with E-state index in [0.717, 1.165) is 11.1 Å². The molecule has 2 aromatic rings. The highest BCUT2D eigenvalue weighted by atomic mass is 16.5. The molecule has 0 bridgehead atoms. The molecule has 3 rings (SSSR count). The van der Waals surface area contributed by atoms with Gasteiger partial charge in [-0.1, -0.05) is 60.7 Å². The van der Waals surface area contributed by atoms with Crippen LogP contribution in [0.15, 0.2) is 71.9 Å². The molecule has 5 nitrogen and oxygen atoms in total. The van der Waals surface area contributed by atoms with E-state index in [9.17, 15) is 9.59 Å². The second-order valence-electron chi connectivity index (χ2n) is 5.67. The SMILES string of the molecule is CCOC(=O)C1=C(NCc2ccccc2)C(=O)NC1c1ccccc1. The van der Waals surface area contributed by atoms with Gasteiger partial charge in [0.1, 0.15) is 5.70 Å². The zero-order valence-electron chi connectivity index (χ0n) is 14.0. The van der Waals surface area contributed by atoms with Gasteiger partial charge < -0.3 is 15.4 Å². The first kappa shape index (κ1) is 16.8. The summed E-state index contributed by atoms with van der Waals surface area (Å²) in [6, 6.07) is 18.6. The molecule has 1 unspecified atom stereocenters. The van der Waals surface area contributed by atoms with Crippen LogP contribution in [0.2, 0.25) is 0 Å². The van der Waals surface area contributed by atoms with Gasteiger partial charge in [0.25, 0.3) is 5.91 Å². The maximum atomic E-state index is 12.5. The normalized spacial score (nSPS) is 16.5. The van der Waals surface area contributed by atoms with E-state index in [1.807, 2.05) is 60.7 Å². The summed E-state index contributed by atoms with van der Waals surface area (Å²) in [5, 5.41) is 5.97. The molecule has 0 radical (unpaired) electrons. The van der Waals surface area contributed by atoms with Crippen molar-refractivity contribution in [1.82, 2.24) is 10.6 Å². The Bertz CT molecular complexity index is 785. The van der Waals surface area contributed by atoms with Crippen LogP contribution in [0, 0.1) is 0 Å². The molecule has 5 heteroatoms. The second kappa shape index (κ2) is 7.66. The van der Waals surface area contributed by atoms with Crippen molar-refractivity contribution in [2.24, 2.45) is 0 Å². The smallest absolute Gasteiger partial charge is 0.338 e. The van der Waals surface area contributed by atoms with Crippen molar-refractivity contribution in [3.63, 3.8) is 0 Å². The molecule has 1 amide bonds. The van der Waals surface area contributed by atoms with E-state index in [0.29, 0.717) is 12.1 Å². The Hall–Kier alpha value is -3.08. The zero-order valence-corrected chi connectivity index (χ0v) is 14.0. The fraction of sp³-hybridized carbons (Fsp3) is 0.200. The van der Waals surface area contributed by atoms with Crippen molar-refractivity contribution in [1.29, 1.82) is 0 Å². The summed E-state index contributed by atoms with van der Waals surface area (Å²) in [5.41, 5.74) is 2.47. The van der Waals surface area contributed by atoms with Gasteiger partial charge in [0, 0.05) is 6.54 Å². The van der Waals surface area contributed by atoms with E-state index < -0.39 is 12.0 Å². The lowest BCUT2D eigenvalue weighted by Gasteiger charge is -2.14. The maximum Gasteiger partial charge on any atom is 0.338 e. The highest BCUT2D eigenvalue weighted by Crippen LogP contribution is 2.30. The number of esters is 1. The molecule has 1 atom stereocenters. The molecule has 128 valence electrons. The van der Waals surface area contributed by atoms with Crippen molar-refractivity contribution in [2.75, 3.05) is 6.61 Å². The predicted octanol–water partition coefficient (Wildman–Crippen LogP) is 2.46. The Morgan fingerprint density at radius 1 is 1.08 bits per heavy atom. The molecule has 0 aromatic heterocycles. The maximum absolute atomic E-state index is 12.5. The molecule has 0 aliphatic carbocycles. The van der Waals surface area contributed by atoms with Gasteiger partial charge in [0.15, 0.2) is 0 Å². The Morgan fingerprint density at radius 2 is 1.72 bits per heavy atom. The van der Waals surface area contributed by atoms with Crippen LogP contribution >= 0.6 is 0 Å². The van der Waals surface area contributed by atoms with Gasteiger partial charge in [0.05, 0.1) is 18.2 Å². The van der Waals surface area contributed by atoms with Crippen molar-refractivity contribution < 1.29 is 14.3 Å². The summed E-state index contributed by atoms with van der Waals surface area (Å²) in [4.78, 5) is 24.9. The first-order valence-corrected chi connectivity index (χ1v) is 8.25. The molecule has 1 aliphatic rings. The number of benzene rings is 2. The Labute approximate surface area is 146 Å². The number of nitrogens with one attached hydrogen (secondary N) is 2. The van der Waals surface area contributed by atoms with Crippen molar-refractivity contribution in [2.45, 2.75) is 19.5 Å². The minimum Gasteiger partial charge on any atom is -0.463 e. The summed E-state index contributed by atoms with van der Waals surface area (Å²) in [7, 11) is 0. The minimum absolute atomic E-state index is 0.254. The van der Waals surface area contributed by atoms with Gasteiger partial charge in [-0.25, -0.2) is 4.79 Å². The van der Waals surface area contributed by atoms with Crippen LogP contribution < -0.4 is 10.6 Å². The molecular weight excluding hydrogens is 316 g/mol. The van der Waals surface area contributed by atoms with Crippen LogP contribution in [0.3, 0.4) is 0 Å². The number of carbonyl (C=O) groups is 2. The minimum atomic E-state index is -0.508. The van der Waals surface area contributed by atoms with Crippen LogP contribution in [-0.2, 0) is 20.9 Å². The average molecular weight is 336 g/mol. The molecule has 0 spiro atoms. The summed E-state index contributed by atoms with van der Waals surface area (Å²) < 4.78 is 5.18. The average Bonchev–Trinajstić information content (AvgIpc) is 2.98. The van der Waals surface area contributed by atoms with E-state index in [4.69, 9.17) is 4.74 Å². The molecule has 0 fully saturated rings. The summed E-state index contributed by atoms with van der Waals surface area (Å²) in [6.45, 7) is 2.45. The lowest BCUT2D eigenvalue weighted by Crippen LogP contribution is -2.26. The van der Waals surface area contributed by atoms with Crippen LogP contribution in [-0.4, -0.2) is 18.5 Å². The Balaban J connectivity index is 1.92. The topological polar surface area (TPSA) is 67.4 Å². The lowest BCUT2D eigenvalue weighted by atomic mass is 10.00. The van der Waals surface area contributed by atoms with Gasteiger partial charge >= 0.3 is 5.97 Å². The zero-order chi connectivity index (χ0) is 17.6. The van der Waals surface area contributed by atoms with Crippen molar-refractivity contribution >= 4 is 11.9 Å². The third-order valence-corrected chi connectivity index (χ3v) is 4.00. The van der Waals surface area contributed by atoms with Gasteiger partial charge in [-0.05, 0) is 18.1 Å². The van der Waals surface area contributed by atoms with E-state index in [-0.39, 0.29) is 18.2 Å². The number of rotatable bonds is 6. The van der Waals surface area contributed by atoms with E-state index in [1.54, 1.807) is 6.92 Å². The third-order valence-electron chi connectivity index (χ3n) is 4.00. The number of carbonyl (C=O) groups excluding carboxylic acids is 2. The molecule has 0 saturated heterocycles. The van der Waals surface area contributed by atoms with Crippen molar-refractivity contribution in [3.8, 4) is 0 Å². The van der Waals surface area contributed by atoms with Gasteiger partial charge in [-0.2, -0.15) is 0 Å². The highest BCUT2D eigenvalue weighted by molar-refractivity contribution is 6.07. The standard InChI is InChI=1S/C20H20N2O3/c1-2-25-20(24)16-17(15-11-7-4-8-12-15)22-19(23)18(16)21-13-14-9-5-3-6-10-14/h3-12,17,21H,2,13H2,1H3,(H,22,23). The first-order valence-electron chi connectivity index (χ1n) is 8.25.